The normalized spacial score (nSPS) is 15.0. The summed E-state index contributed by atoms with van der Waals surface area (Å²) in [5.41, 5.74) is 7.55. The fourth-order valence-electron chi connectivity index (χ4n) is 0. The molecule has 54 valence electrons. The molecule has 2 atom stereocenters. The average molecular weight is 161 g/mol. The quantitative estimate of drug-likeness (QED) is 0.384. The maximum Gasteiger partial charge on any atom is 0.133 e. The van der Waals surface area contributed by atoms with Crippen molar-refractivity contribution in [1.82, 2.24) is 0 Å². The van der Waals surface area contributed by atoms with Gasteiger partial charge in [0.05, 0.1) is 0 Å². The second kappa shape index (κ2) is 7.50. The lowest BCUT2D eigenvalue weighted by Crippen LogP contribution is -3.00. The van der Waals surface area contributed by atoms with Gasteiger partial charge in [-0.05, 0) is 13.8 Å². The first-order valence-electron chi connectivity index (χ1n) is 2.30. The minimum atomic E-state index is 0. The van der Waals surface area contributed by atoms with E-state index in [0.29, 0.717) is 12.1 Å². The predicted molar refractivity (Wildman–Crippen MR) is 24.7 cm³/mol. The van der Waals surface area contributed by atoms with Gasteiger partial charge in [-0.15, -0.1) is 0 Å². The van der Waals surface area contributed by atoms with Crippen molar-refractivity contribution < 1.29 is 36.3 Å². The van der Waals surface area contributed by atoms with E-state index in [-0.39, 0.29) is 24.8 Å². The first-order chi connectivity index (χ1) is 2.64. The van der Waals surface area contributed by atoms with Crippen LogP contribution in [0.1, 0.15) is 13.8 Å². The molecule has 0 aliphatic rings. The van der Waals surface area contributed by atoms with Crippen LogP contribution in [0.4, 0.5) is 0 Å². The van der Waals surface area contributed by atoms with E-state index in [1.165, 1.54) is 0 Å². The highest BCUT2D eigenvalue weighted by Crippen LogP contribution is 1.71. The maximum absolute atomic E-state index is 3.78. The third-order valence-corrected chi connectivity index (χ3v) is 0.971. The Morgan fingerprint density at radius 3 is 1.00 bits per heavy atom. The molecule has 4 heteroatoms. The smallest absolute Gasteiger partial charge is 0.133 e. The number of halogens is 2. The van der Waals surface area contributed by atoms with E-state index in [9.17, 15) is 0 Å². The first-order valence-corrected chi connectivity index (χ1v) is 2.30. The van der Waals surface area contributed by atoms with Gasteiger partial charge in [-0.2, -0.15) is 0 Å². The molecule has 8 heavy (non-hydrogen) atoms. The minimum Gasteiger partial charge on any atom is -1.00 e. The molecule has 0 aliphatic heterocycles. The van der Waals surface area contributed by atoms with Gasteiger partial charge in [0.2, 0.25) is 0 Å². The lowest BCUT2D eigenvalue weighted by atomic mass is 10.2. The molecule has 0 aromatic heterocycles. The Kier molecular flexibility index (Phi) is 14.8. The Hall–Kier alpha value is 0.500. The molecule has 0 aromatic rings. The second-order valence-corrected chi connectivity index (χ2v) is 1.95. The summed E-state index contributed by atoms with van der Waals surface area (Å²) in [5.74, 6) is 0. The van der Waals surface area contributed by atoms with Gasteiger partial charge in [0.15, 0.2) is 0 Å². The summed E-state index contributed by atoms with van der Waals surface area (Å²) < 4.78 is 0. The number of quaternary nitrogens is 2. The van der Waals surface area contributed by atoms with Gasteiger partial charge in [0.1, 0.15) is 12.1 Å². The highest BCUT2D eigenvalue weighted by molar-refractivity contribution is 4.47. The van der Waals surface area contributed by atoms with Crippen LogP contribution < -0.4 is 36.3 Å². The average Bonchev–Trinajstić information content (AvgIpc) is 1.36. The van der Waals surface area contributed by atoms with Crippen LogP contribution in [-0.4, -0.2) is 12.1 Å². The largest absolute Gasteiger partial charge is 1.00 e. The molecular weight excluding hydrogens is 147 g/mol. The first kappa shape index (κ1) is 15.8. The summed E-state index contributed by atoms with van der Waals surface area (Å²) in [7, 11) is 0. The van der Waals surface area contributed by atoms with Crippen LogP contribution in [0.3, 0.4) is 0 Å². The van der Waals surface area contributed by atoms with Crippen molar-refractivity contribution in [3.8, 4) is 0 Å². The van der Waals surface area contributed by atoms with Crippen molar-refractivity contribution in [2.24, 2.45) is 0 Å². The summed E-state index contributed by atoms with van der Waals surface area (Å²) in [5, 5.41) is 0. The van der Waals surface area contributed by atoms with Crippen molar-refractivity contribution in [2.45, 2.75) is 25.9 Å². The lowest BCUT2D eigenvalue weighted by molar-refractivity contribution is -0.520. The molecule has 0 spiro atoms. The number of hydrogen-bond acceptors (Lipinski definition) is 0. The summed E-state index contributed by atoms with van der Waals surface area (Å²) in [6, 6.07) is 0.981. The molecule has 0 amide bonds. The Bertz CT molecular complexity index is 33.0. The summed E-state index contributed by atoms with van der Waals surface area (Å²) in [6.07, 6.45) is 0. The molecule has 0 aliphatic carbocycles. The van der Waals surface area contributed by atoms with E-state index in [1.807, 2.05) is 0 Å². The van der Waals surface area contributed by atoms with Crippen LogP contribution in [-0.2, 0) is 0 Å². The van der Waals surface area contributed by atoms with E-state index in [4.69, 9.17) is 0 Å². The third-order valence-electron chi connectivity index (χ3n) is 0.971. The van der Waals surface area contributed by atoms with Gasteiger partial charge < -0.3 is 36.3 Å². The van der Waals surface area contributed by atoms with Gasteiger partial charge >= 0.3 is 0 Å². The van der Waals surface area contributed by atoms with Gasteiger partial charge in [-0.3, -0.25) is 0 Å². The van der Waals surface area contributed by atoms with Crippen molar-refractivity contribution in [2.75, 3.05) is 0 Å². The Morgan fingerprint density at radius 2 is 1.00 bits per heavy atom. The summed E-state index contributed by atoms with van der Waals surface area (Å²) in [4.78, 5) is 0. The zero-order valence-electron chi connectivity index (χ0n) is 5.32. The van der Waals surface area contributed by atoms with E-state index >= 15 is 0 Å². The molecule has 0 saturated heterocycles. The van der Waals surface area contributed by atoms with E-state index in [2.05, 4.69) is 25.3 Å². The van der Waals surface area contributed by atoms with Crippen LogP contribution in [0.15, 0.2) is 0 Å². The van der Waals surface area contributed by atoms with E-state index in [1.54, 1.807) is 0 Å². The maximum atomic E-state index is 3.78. The molecule has 0 radical (unpaired) electrons. The highest BCUT2D eigenvalue weighted by atomic mass is 35.5. The Balaban J connectivity index is -0.000000125. The zero-order chi connectivity index (χ0) is 5.15. The standard InChI is InChI=1S/C4H12N2.2ClH/c1-3(5)4(2)6;;/h3-4H,5-6H2,1-2H3;2*1H. The topological polar surface area (TPSA) is 55.3 Å². The molecule has 0 aromatic carbocycles. The molecule has 2 unspecified atom stereocenters. The summed E-state index contributed by atoms with van der Waals surface area (Å²) in [6.45, 7) is 4.13. The molecule has 0 bridgehead atoms. The molecule has 0 saturated carbocycles. The minimum absolute atomic E-state index is 0. The Labute approximate surface area is 62.8 Å². The SMILES string of the molecule is CC([NH3+])C(C)[NH3+].[Cl-].[Cl-]. The van der Waals surface area contributed by atoms with E-state index < -0.39 is 0 Å². The molecular formula is C4H14Cl2N2. The molecule has 0 heterocycles. The highest BCUT2D eigenvalue weighted by Gasteiger charge is 2.04. The molecule has 0 fully saturated rings. The summed E-state index contributed by atoms with van der Waals surface area (Å²) >= 11 is 0. The second-order valence-electron chi connectivity index (χ2n) is 1.95. The monoisotopic (exact) mass is 160 g/mol. The van der Waals surface area contributed by atoms with Crippen molar-refractivity contribution >= 4 is 0 Å². The van der Waals surface area contributed by atoms with E-state index in [0.717, 1.165) is 0 Å². The van der Waals surface area contributed by atoms with Crippen LogP contribution in [0, 0.1) is 0 Å². The lowest BCUT2D eigenvalue weighted by Gasteiger charge is -1.98. The third kappa shape index (κ3) is 9.71. The van der Waals surface area contributed by atoms with Gasteiger partial charge in [0.25, 0.3) is 0 Å². The fraction of sp³-hybridized carbons (Fsp3) is 1.00. The zero-order valence-corrected chi connectivity index (χ0v) is 6.84. The van der Waals surface area contributed by atoms with Gasteiger partial charge in [-0.1, -0.05) is 0 Å². The predicted octanol–water partition coefficient (Wildman–Crippen LogP) is -7.74. The number of rotatable bonds is 1. The number of hydrogen-bond donors (Lipinski definition) is 2. The molecule has 0 rings (SSSR count). The van der Waals surface area contributed by atoms with Gasteiger partial charge in [0, 0.05) is 0 Å². The van der Waals surface area contributed by atoms with Crippen molar-refractivity contribution in [3.05, 3.63) is 0 Å². The fourth-order valence-corrected chi connectivity index (χ4v) is 0. The van der Waals surface area contributed by atoms with Gasteiger partial charge in [-0.25, -0.2) is 0 Å². The van der Waals surface area contributed by atoms with Crippen LogP contribution in [0.2, 0.25) is 0 Å². The van der Waals surface area contributed by atoms with Crippen LogP contribution in [0.25, 0.3) is 0 Å². The van der Waals surface area contributed by atoms with Crippen LogP contribution in [0.5, 0.6) is 0 Å². The van der Waals surface area contributed by atoms with Crippen LogP contribution >= 0.6 is 0 Å². The molecule has 6 N–H and O–H groups in total. The Morgan fingerprint density at radius 1 is 0.875 bits per heavy atom. The molecule has 2 nitrogen and oxygen atoms in total. The van der Waals surface area contributed by atoms with Crippen molar-refractivity contribution in [1.29, 1.82) is 0 Å². The van der Waals surface area contributed by atoms with Crippen molar-refractivity contribution in [3.63, 3.8) is 0 Å².